The van der Waals surface area contributed by atoms with Gasteiger partial charge in [-0.25, -0.2) is 8.42 Å². The van der Waals surface area contributed by atoms with Crippen molar-refractivity contribution < 1.29 is 22.7 Å². The summed E-state index contributed by atoms with van der Waals surface area (Å²) in [6, 6.07) is 3.92. The molecule has 0 saturated carbocycles. The predicted molar refractivity (Wildman–Crippen MR) is 143 cm³/mol. The zero-order valence-corrected chi connectivity index (χ0v) is 23.9. The van der Waals surface area contributed by atoms with E-state index >= 15 is 0 Å². The molecule has 0 N–H and O–H groups in total. The van der Waals surface area contributed by atoms with E-state index in [1.807, 2.05) is 4.90 Å². The highest BCUT2D eigenvalue weighted by Crippen LogP contribution is 2.33. The molecule has 208 valence electrons. The second kappa shape index (κ2) is 12.0. The van der Waals surface area contributed by atoms with Gasteiger partial charge < -0.3 is 19.3 Å². The third-order valence-electron chi connectivity index (χ3n) is 8.46. The molecular formula is C27H44N4O5S. The van der Waals surface area contributed by atoms with Crippen LogP contribution in [0.2, 0.25) is 0 Å². The molecule has 3 aliphatic rings. The predicted octanol–water partition coefficient (Wildman–Crippen LogP) is 1.82. The molecule has 37 heavy (non-hydrogen) atoms. The van der Waals surface area contributed by atoms with Gasteiger partial charge >= 0.3 is 0 Å². The van der Waals surface area contributed by atoms with E-state index in [4.69, 9.17) is 9.47 Å². The van der Waals surface area contributed by atoms with E-state index in [1.54, 1.807) is 40.1 Å². The van der Waals surface area contributed by atoms with E-state index in [-0.39, 0.29) is 25.7 Å². The number of nitrogens with zero attached hydrogens (tertiary/aromatic N) is 4. The fourth-order valence-corrected chi connectivity index (χ4v) is 7.77. The van der Waals surface area contributed by atoms with Gasteiger partial charge in [-0.05, 0) is 94.9 Å². The normalized spacial score (nSPS) is 23.7. The molecule has 1 amide bonds. The standard InChI is InChI=1S/C27H44N4O5S/c1-20-14-24(35-5)15-21(2)27(20)37(33,34)29(4)12-13-36-19-26(32)31-17-23-8-11-30(25(23)18-31)16-22-6-9-28(3)10-7-22/h14-15,22-23,25H,6-13,16-19H2,1-5H3/t23-,25+/m0/s1. The Labute approximate surface area is 222 Å². The monoisotopic (exact) mass is 536 g/mol. The molecule has 0 radical (unpaired) electrons. The number of sulfonamides is 1. The Morgan fingerprint density at radius 3 is 2.41 bits per heavy atom. The lowest BCUT2D eigenvalue weighted by Crippen LogP contribution is -2.42. The van der Waals surface area contributed by atoms with Crippen molar-refractivity contribution in [1.29, 1.82) is 0 Å². The van der Waals surface area contributed by atoms with Gasteiger partial charge in [0.05, 0.1) is 18.6 Å². The van der Waals surface area contributed by atoms with E-state index in [1.165, 1.54) is 30.2 Å². The number of carbonyl (C=O) groups excluding carboxylic acids is 1. The Bertz CT molecular complexity index is 1030. The number of likely N-dealkylation sites (tertiary alicyclic amines) is 3. The molecule has 0 unspecified atom stereocenters. The maximum absolute atomic E-state index is 13.2. The van der Waals surface area contributed by atoms with Crippen molar-refractivity contribution in [2.45, 2.75) is 44.0 Å². The molecule has 3 heterocycles. The van der Waals surface area contributed by atoms with Crippen molar-refractivity contribution in [3.8, 4) is 5.75 Å². The van der Waals surface area contributed by atoms with Gasteiger partial charge in [-0.1, -0.05) is 0 Å². The molecule has 9 nitrogen and oxygen atoms in total. The molecule has 10 heteroatoms. The molecule has 2 atom stereocenters. The van der Waals surface area contributed by atoms with Crippen LogP contribution in [0.5, 0.6) is 5.75 Å². The van der Waals surface area contributed by atoms with E-state index in [0.717, 1.165) is 38.5 Å². The highest BCUT2D eigenvalue weighted by Gasteiger charge is 2.43. The van der Waals surface area contributed by atoms with Crippen molar-refractivity contribution >= 4 is 15.9 Å². The van der Waals surface area contributed by atoms with Crippen molar-refractivity contribution in [2.24, 2.45) is 11.8 Å². The average Bonchev–Trinajstić information content (AvgIpc) is 3.44. The summed E-state index contributed by atoms with van der Waals surface area (Å²) in [7, 11) is 1.63. The fourth-order valence-electron chi connectivity index (χ4n) is 6.21. The molecule has 3 aliphatic heterocycles. The Balaban J connectivity index is 1.22. The van der Waals surface area contributed by atoms with Gasteiger partial charge in [0, 0.05) is 39.3 Å². The van der Waals surface area contributed by atoms with Gasteiger partial charge in [0.25, 0.3) is 0 Å². The number of hydrogen-bond donors (Lipinski definition) is 0. The van der Waals surface area contributed by atoms with Crippen LogP contribution in [-0.2, 0) is 19.6 Å². The highest BCUT2D eigenvalue weighted by atomic mass is 32.2. The topological polar surface area (TPSA) is 82.6 Å². The fraction of sp³-hybridized carbons (Fsp3) is 0.741. The summed E-state index contributed by atoms with van der Waals surface area (Å²) < 4.78 is 38.5. The first-order valence-electron chi connectivity index (χ1n) is 13.5. The number of ether oxygens (including phenoxy) is 2. The lowest BCUT2D eigenvalue weighted by Gasteiger charge is -2.33. The first-order valence-corrected chi connectivity index (χ1v) is 14.9. The molecule has 0 aliphatic carbocycles. The minimum atomic E-state index is -3.68. The molecular weight excluding hydrogens is 492 g/mol. The summed E-state index contributed by atoms with van der Waals surface area (Å²) in [5, 5.41) is 0. The number of benzene rings is 1. The number of piperidine rings is 1. The smallest absolute Gasteiger partial charge is 0.248 e. The minimum absolute atomic E-state index is 0.000921. The lowest BCUT2D eigenvalue weighted by atomic mass is 9.96. The SMILES string of the molecule is COc1cc(C)c(S(=O)(=O)N(C)CCOCC(=O)N2C[C@@H]3CCN(CC4CCN(C)CC4)[C@@H]3C2)c(C)c1. The van der Waals surface area contributed by atoms with Crippen molar-refractivity contribution in [1.82, 2.24) is 19.0 Å². The summed E-state index contributed by atoms with van der Waals surface area (Å²) >= 11 is 0. The summed E-state index contributed by atoms with van der Waals surface area (Å²) in [4.78, 5) is 20.1. The largest absolute Gasteiger partial charge is 0.497 e. The summed E-state index contributed by atoms with van der Waals surface area (Å²) in [5.74, 6) is 1.96. The summed E-state index contributed by atoms with van der Waals surface area (Å²) in [6.45, 7) is 10.1. The second-order valence-corrected chi connectivity index (χ2v) is 13.1. The molecule has 0 aromatic heterocycles. The first-order chi connectivity index (χ1) is 17.6. The number of likely N-dealkylation sites (N-methyl/N-ethyl adjacent to an activating group) is 1. The Morgan fingerprint density at radius 2 is 1.76 bits per heavy atom. The number of amides is 1. The van der Waals surface area contributed by atoms with Crippen LogP contribution in [0.1, 0.15) is 30.4 Å². The zero-order chi connectivity index (χ0) is 26.7. The highest BCUT2D eigenvalue weighted by molar-refractivity contribution is 7.89. The van der Waals surface area contributed by atoms with E-state index < -0.39 is 10.0 Å². The van der Waals surface area contributed by atoms with Crippen LogP contribution in [0.15, 0.2) is 17.0 Å². The van der Waals surface area contributed by atoms with Gasteiger partial charge in [0.1, 0.15) is 12.4 Å². The molecule has 0 spiro atoms. The van der Waals surface area contributed by atoms with Crippen molar-refractivity contribution in [3.05, 3.63) is 23.3 Å². The summed E-state index contributed by atoms with van der Waals surface area (Å²) in [5.41, 5.74) is 1.29. The first kappa shape index (κ1) is 28.3. The number of hydrogen-bond acceptors (Lipinski definition) is 7. The Kier molecular flexibility index (Phi) is 9.17. The van der Waals surface area contributed by atoms with Crippen LogP contribution in [0.25, 0.3) is 0 Å². The average molecular weight is 537 g/mol. The Hall–Kier alpha value is -1.72. The molecule has 1 aromatic rings. The van der Waals surface area contributed by atoms with Crippen LogP contribution in [0, 0.1) is 25.7 Å². The van der Waals surface area contributed by atoms with Gasteiger partial charge in [0.2, 0.25) is 15.9 Å². The van der Waals surface area contributed by atoms with Gasteiger partial charge in [-0.15, -0.1) is 0 Å². The molecule has 3 saturated heterocycles. The zero-order valence-electron chi connectivity index (χ0n) is 23.1. The molecule has 4 rings (SSSR count). The molecule has 1 aromatic carbocycles. The van der Waals surface area contributed by atoms with E-state index in [2.05, 4.69) is 16.8 Å². The summed E-state index contributed by atoms with van der Waals surface area (Å²) in [6.07, 6.45) is 3.69. The molecule has 0 bridgehead atoms. The minimum Gasteiger partial charge on any atom is -0.497 e. The van der Waals surface area contributed by atoms with Crippen molar-refractivity contribution in [3.63, 3.8) is 0 Å². The number of rotatable bonds is 10. The van der Waals surface area contributed by atoms with Crippen molar-refractivity contribution in [2.75, 3.05) is 80.2 Å². The third-order valence-corrected chi connectivity index (χ3v) is 10.6. The van der Waals surface area contributed by atoms with E-state index in [9.17, 15) is 13.2 Å². The third kappa shape index (κ3) is 6.47. The van der Waals surface area contributed by atoms with Crippen LogP contribution in [0.3, 0.4) is 0 Å². The van der Waals surface area contributed by atoms with Crippen LogP contribution >= 0.6 is 0 Å². The van der Waals surface area contributed by atoms with Crippen LogP contribution < -0.4 is 4.74 Å². The quantitative estimate of drug-likeness (QED) is 0.422. The Morgan fingerprint density at radius 1 is 1.08 bits per heavy atom. The molecule has 3 fully saturated rings. The number of methoxy groups -OCH3 is 1. The van der Waals surface area contributed by atoms with E-state index in [0.29, 0.717) is 33.7 Å². The van der Waals surface area contributed by atoms with Gasteiger partial charge in [-0.2, -0.15) is 4.31 Å². The second-order valence-electron chi connectivity index (χ2n) is 11.1. The van der Waals surface area contributed by atoms with Gasteiger partial charge in [-0.3, -0.25) is 9.69 Å². The lowest BCUT2D eigenvalue weighted by molar-refractivity contribution is -0.135. The number of fused-ring (bicyclic) bond motifs is 1. The maximum Gasteiger partial charge on any atom is 0.248 e. The van der Waals surface area contributed by atoms with Gasteiger partial charge in [0.15, 0.2) is 0 Å². The number of carbonyl (C=O) groups is 1. The van der Waals surface area contributed by atoms with Crippen LogP contribution in [0.4, 0.5) is 0 Å². The maximum atomic E-state index is 13.2. The number of aryl methyl sites for hydroxylation is 2. The van der Waals surface area contributed by atoms with Crippen LogP contribution in [-0.4, -0.2) is 120 Å².